The van der Waals surface area contributed by atoms with Crippen molar-refractivity contribution in [2.24, 2.45) is 0 Å². The SMILES string of the molecule is C[Si](C)(C)c1ccc(-c2ccc(-c3ccc([Si](C)(C)C)cc3)nc2)cc1. The van der Waals surface area contributed by atoms with Crippen LogP contribution in [0, 0.1) is 0 Å². The molecule has 0 aliphatic rings. The number of hydrogen-bond donors (Lipinski definition) is 0. The van der Waals surface area contributed by atoms with Crippen LogP contribution in [0.15, 0.2) is 66.9 Å². The van der Waals surface area contributed by atoms with Crippen LogP contribution in [0.5, 0.6) is 0 Å². The molecular formula is C23H29NSi2. The van der Waals surface area contributed by atoms with Gasteiger partial charge in [-0.2, -0.15) is 0 Å². The van der Waals surface area contributed by atoms with Crippen molar-refractivity contribution in [3.63, 3.8) is 0 Å². The normalized spacial score (nSPS) is 12.2. The van der Waals surface area contributed by atoms with Crippen molar-refractivity contribution in [2.45, 2.75) is 39.3 Å². The summed E-state index contributed by atoms with van der Waals surface area (Å²) >= 11 is 0. The summed E-state index contributed by atoms with van der Waals surface area (Å²) in [5.41, 5.74) is 4.64. The van der Waals surface area contributed by atoms with Crippen molar-refractivity contribution >= 4 is 26.5 Å². The van der Waals surface area contributed by atoms with Crippen molar-refractivity contribution in [1.29, 1.82) is 0 Å². The maximum atomic E-state index is 4.71. The Kier molecular flexibility index (Phi) is 5.04. The van der Waals surface area contributed by atoms with E-state index in [9.17, 15) is 0 Å². The number of pyridine rings is 1. The standard InChI is InChI=1S/C23H29NSi2/c1-25(2,3)21-12-7-18(8-13-21)20-11-16-23(24-17-20)19-9-14-22(15-10-19)26(4,5)6/h7-17H,1-6H3. The van der Waals surface area contributed by atoms with Crippen LogP contribution in [0.4, 0.5) is 0 Å². The highest BCUT2D eigenvalue weighted by atomic mass is 28.3. The maximum absolute atomic E-state index is 4.71. The van der Waals surface area contributed by atoms with E-state index in [1.807, 2.05) is 6.20 Å². The van der Waals surface area contributed by atoms with Crippen LogP contribution in [-0.2, 0) is 0 Å². The van der Waals surface area contributed by atoms with Gasteiger partial charge in [-0.1, -0.05) is 104 Å². The van der Waals surface area contributed by atoms with Gasteiger partial charge in [-0.05, 0) is 11.6 Å². The number of hydrogen-bond acceptors (Lipinski definition) is 1. The molecule has 0 bridgehead atoms. The molecular weight excluding hydrogens is 346 g/mol. The molecule has 0 radical (unpaired) electrons. The highest BCUT2D eigenvalue weighted by Gasteiger charge is 2.17. The fraction of sp³-hybridized carbons (Fsp3) is 0.261. The Balaban J connectivity index is 1.82. The zero-order chi connectivity index (χ0) is 18.9. The van der Waals surface area contributed by atoms with Crippen LogP contribution in [0.25, 0.3) is 22.4 Å². The summed E-state index contributed by atoms with van der Waals surface area (Å²) in [4.78, 5) is 4.71. The average Bonchev–Trinajstić information content (AvgIpc) is 2.61. The Morgan fingerprint density at radius 1 is 0.500 bits per heavy atom. The smallest absolute Gasteiger partial charge is 0.0775 e. The van der Waals surface area contributed by atoms with Gasteiger partial charge in [0.05, 0.1) is 21.8 Å². The van der Waals surface area contributed by atoms with E-state index in [4.69, 9.17) is 4.98 Å². The quantitative estimate of drug-likeness (QED) is 0.548. The summed E-state index contributed by atoms with van der Waals surface area (Å²) in [5, 5.41) is 2.98. The molecule has 1 nitrogen and oxygen atoms in total. The lowest BCUT2D eigenvalue weighted by Crippen LogP contribution is -2.37. The summed E-state index contributed by atoms with van der Waals surface area (Å²) in [7, 11) is -2.49. The van der Waals surface area contributed by atoms with Crippen LogP contribution in [0.3, 0.4) is 0 Å². The van der Waals surface area contributed by atoms with E-state index < -0.39 is 16.1 Å². The number of benzene rings is 2. The summed E-state index contributed by atoms with van der Waals surface area (Å²) in [6.45, 7) is 14.3. The Morgan fingerprint density at radius 2 is 0.923 bits per heavy atom. The zero-order valence-electron chi connectivity index (χ0n) is 16.8. The minimum absolute atomic E-state index is 1.04. The van der Waals surface area contributed by atoms with Crippen LogP contribution < -0.4 is 10.4 Å². The summed E-state index contributed by atoms with van der Waals surface area (Å²) in [5.74, 6) is 0. The molecule has 0 spiro atoms. The minimum atomic E-state index is -1.25. The monoisotopic (exact) mass is 375 g/mol. The molecule has 134 valence electrons. The van der Waals surface area contributed by atoms with Crippen molar-refractivity contribution < 1.29 is 0 Å². The van der Waals surface area contributed by atoms with Gasteiger partial charge in [0.25, 0.3) is 0 Å². The van der Waals surface area contributed by atoms with Crippen molar-refractivity contribution in [1.82, 2.24) is 4.98 Å². The van der Waals surface area contributed by atoms with Gasteiger partial charge in [-0.15, -0.1) is 0 Å². The van der Waals surface area contributed by atoms with E-state index in [2.05, 4.69) is 99.9 Å². The molecule has 0 atom stereocenters. The second kappa shape index (κ2) is 6.97. The summed E-state index contributed by atoms with van der Waals surface area (Å²) in [6, 6.07) is 22.3. The van der Waals surface area contributed by atoms with Gasteiger partial charge in [0.1, 0.15) is 0 Å². The summed E-state index contributed by atoms with van der Waals surface area (Å²) in [6.07, 6.45) is 1.99. The first kappa shape index (κ1) is 18.8. The van der Waals surface area contributed by atoms with E-state index >= 15 is 0 Å². The van der Waals surface area contributed by atoms with Crippen LogP contribution >= 0.6 is 0 Å². The molecule has 0 aliphatic heterocycles. The molecule has 0 fully saturated rings. The molecule has 3 aromatic rings. The molecule has 0 aliphatic carbocycles. The number of rotatable bonds is 4. The molecule has 1 heterocycles. The molecule has 2 aromatic carbocycles. The molecule has 0 saturated carbocycles. The topological polar surface area (TPSA) is 12.9 Å². The largest absolute Gasteiger partial charge is 0.256 e. The predicted molar refractivity (Wildman–Crippen MR) is 121 cm³/mol. The van der Waals surface area contributed by atoms with Crippen LogP contribution in [0.1, 0.15) is 0 Å². The maximum Gasteiger partial charge on any atom is 0.0775 e. The van der Waals surface area contributed by atoms with Crippen molar-refractivity contribution in [2.75, 3.05) is 0 Å². The molecule has 0 unspecified atom stereocenters. The molecule has 26 heavy (non-hydrogen) atoms. The predicted octanol–water partition coefficient (Wildman–Crippen LogP) is 5.51. The Labute approximate surface area is 160 Å². The van der Waals surface area contributed by atoms with Gasteiger partial charge in [-0.25, -0.2) is 0 Å². The van der Waals surface area contributed by atoms with E-state index in [0.717, 1.165) is 5.69 Å². The highest BCUT2D eigenvalue weighted by Crippen LogP contribution is 2.22. The lowest BCUT2D eigenvalue weighted by molar-refractivity contribution is 1.33. The highest BCUT2D eigenvalue weighted by molar-refractivity contribution is 6.89. The first-order valence-electron chi connectivity index (χ1n) is 9.32. The van der Waals surface area contributed by atoms with E-state index in [1.54, 1.807) is 0 Å². The molecule has 0 amide bonds. The lowest BCUT2D eigenvalue weighted by atomic mass is 10.1. The second-order valence-corrected chi connectivity index (χ2v) is 19.2. The first-order valence-corrected chi connectivity index (χ1v) is 16.3. The van der Waals surface area contributed by atoms with Gasteiger partial charge in [0.15, 0.2) is 0 Å². The Morgan fingerprint density at radius 3 is 1.31 bits per heavy atom. The third-order valence-corrected chi connectivity index (χ3v) is 9.03. The molecule has 3 heteroatoms. The Hall–Kier alpha value is -1.98. The van der Waals surface area contributed by atoms with Crippen molar-refractivity contribution in [3.8, 4) is 22.4 Å². The minimum Gasteiger partial charge on any atom is -0.256 e. The van der Waals surface area contributed by atoms with Crippen LogP contribution in [-0.4, -0.2) is 21.1 Å². The molecule has 3 rings (SSSR count). The van der Waals surface area contributed by atoms with Gasteiger partial charge in [0.2, 0.25) is 0 Å². The Bertz CT molecular complexity index is 789. The third-order valence-electron chi connectivity index (χ3n) is 4.89. The molecule has 0 saturated heterocycles. The van der Waals surface area contributed by atoms with Crippen molar-refractivity contribution in [3.05, 3.63) is 66.9 Å². The van der Waals surface area contributed by atoms with Gasteiger partial charge >= 0.3 is 0 Å². The number of aromatic nitrogens is 1. The summed E-state index contributed by atoms with van der Waals surface area (Å²) < 4.78 is 0. The average molecular weight is 376 g/mol. The van der Waals surface area contributed by atoms with Gasteiger partial charge in [-0.3, -0.25) is 4.98 Å². The van der Waals surface area contributed by atoms with E-state index in [1.165, 1.54) is 27.1 Å². The fourth-order valence-electron chi connectivity index (χ4n) is 3.04. The lowest BCUT2D eigenvalue weighted by Gasteiger charge is -2.17. The van der Waals surface area contributed by atoms with E-state index in [-0.39, 0.29) is 0 Å². The first-order chi connectivity index (χ1) is 12.1. The molecule has 1 aromatic heterocycles. The second-order valence-electron chi connectivity index (χ2n) is 9.09. The number of nitrogens with zero attached hydrogens (tertiary/aromatic N) is 1. The third kappa shape index (κ3) is 4.22. The molecule has 0 N–H and O–H groups in total. The van der Waals surface area contributed by atoms with Gasteiger partial charge < -0.3 is 0 Å². The zero-order valence-corrected chi connectivity index (χ0v) is 18.8. The fourth-order valence-corrected chi connectivity index (χ4v) is 5.37. The van der Waals surface area contributed by atoms with Gasteiger partial charge in [0, 0.05) is 17.3 Å². The van der Waals surface area contributed by atoms with E-state index in [0.29, 0.717) is 0 Å². The van der Waals surface area contributed by atoms with Crippen LogP contribution in [0.2, 0.25) is 39.3 Å².